The minimum Gasteiger partial charge on any atom is -0.488 e. The van der Waals surface area contributed by atoms with E-state index in [1.54, 1.807) is 12.3 Å². The van der Waals surface area contributed by atoms with E-state index >= 15 is 0 Å². The Morgan fingerprint density at radius 3 is 2.52 bits per heavy atom. The Hall–Kier alpha value is -1.96. The summed E-state index contributed by atoms with van der Waals surface area (Å²) in [5.41, 5.74) is 0.814. The van der Waals surface area contributed by atoms with Crippen LogP contribution < -0.4 is 4.74 Å². The molecule has 1 saturated carbocycles. The monoisotopic (exact) mass is 448 g/mol. The van der Waals surface area contributed by atoms with Crippen molar-refractivity contribution < 1.29 is 14.3 Å². The van der Waals surface area contributed by atoms with Crippen molar-refractivity contribution >= 4 is 40.6 Å². The average Bonchev–Trinajstić information content (AvgIpc) is 3.27. The van der Waals surface area contributed by atoms with Crippen LogP contribution in [-0.4, -0.2) is 29.6 Å². The zero-order valence-electron chi connectivity index (χ0n) is 13.5. The Morgan fingerprint density at radius 1 is 1.24 bits per heavy atom. The maximum atomic E-state index is 12.6. The highest BCUT2D eigenvalue weighted by Crippen LogP contribution is 2.52. The summed E-state index contributed by atoms with van der Waals surface area (Å²) in [6.45, 7) is 4.07. The Kier molecular flexibility index (Phi) is 4.23. The molecule has 2 aliphatic carbocycles. The van der Waals surface area contributed by atoms with Crippen molar-refractivity contribution in [3.05, 3.63) is 52.1 Å². The highest BCUT2D eigenvalue weighted by atomic mass is 127. The second-order valence-corrected chi connectivity index (χ2v) is 7.68. The van der Waals surface area contributed by atoms with Gasteiger partial charge in [-0.3, -0.25) is 9.59 Å². The Bertz CT molecular complexity index is 787. The summed E-state index contributed by atoms with van der Waals surface area (Å²) in [5.74, 6) is 0.419. The minimum absolute atomic E-state index is 0.163. The predicted octanol–water partition coefficient (Wildman–Crippen LogP) is 3.00. The molecule has 1 aliphatic heterocycles. The fourth-order valence-electron chi connectivity index (χ4n) is 3.99. The van der Waals surface area contributed by atoms with Crippen LogP contribution in [0.5, 0.6) is 5.75 Å². The van der Waals surface area contributed by atoms with Gasteiger partial charge in [-0.05, 0) is 64.6 Å². The van der Waals surface area contributed by atoms with Gasteiger partial charge in [-0.1, -0.05) is 24.8 Å². The van der Waals surface area contributed by atoms with Crippen molar-refractivity contribution in [2.45, 2.75) is 6.42 Å². The molecule has 3 aliphatic rings. The molecule has 0 radical (unpaired) electrons. The number of hydrogen-bond acceptors (Lipinski definition) is 4. The number of hydrogen-bond donors (Lipinski definition) is 0. The molecule has 6 heteroatoms. The predicted molar refractivity (Wildman–Crippen MR) is 102 cm³/mol. The van der Waals surface area contributed by atoms with Crippen LogP contribution in [0.1, 0.15) is 12.0 Å². The topological polar surface area (TPSA) is 59.0 Å². The summed E-state index contributed by atoms with van der Waals surface area (Å²) < 4.78 is 6.47. The lowest BCUT2D eigenvalue weighted by atomic mass is 9.85. The molecule has 0 spiro atoms. The molecule has 5 nitrogen and oxygen atoms in total. The summed E-state index contributed by atoms with van der Waals surface area (Å²) >= 11 is 2.18. The molecule has 0 N–H and O–H groups in total. The van der Waals surface area contributed by atoms with Crippen molar-refractivity contribution in [2.75, 3.05) is 6.61 Å². The Labute approximate surface area is 159 Å². The molecule has 1 heterocycles. The molecule has 4 atom stereocenters. The van der Waals surface area contributed by atoms with Crippen molar-refractivity contribution in [3.63, 3.8) is 0 Å². The number of benzene rings is 1. The Morgan fingerprint density at radius 2 is 1.92 bits per heavy atom. The molecular weight excluding hydrogens is 431 g/mol. The fraction of sp³-hybridized carbons (Fsp3) is 0.316. The molecule has 4 rings (SSSR count). The van der Waals surface area contributed by atoms with Crippen LogP contribution in [0, 0.1) is 27.2 Å². The number of rotatable bonds is 5. The molecular formula is C19H17IN2O3. The van der Waals surface area contributed by atoms with E-state index in [0.29, 0.717) is 6.61 Å². The lowest BCUT2D eigenvalue weighted by Gasteiger charge is -2.13. The van der Waals surface area contributed by atoms with Crippen LogP contribution in [0.2, 0.25) is 0 Å². The zero-order chi connectivity index (χ0) is 17.6. The third kappa shape index (κ3) is 2.72. The number of carbonyl (C=O) groups is 2. The Balaban J connectivity index is 1.51. The van der Waals surface area contributed by atoms with Gasteiger partial charge in [0.25, 0.3) is 11.8 Å². The third-order valence-electron chi connectivity index (χ3n) is 5.08. The van der Waals surface area contributed by atoms with Crippen LogP contribution >= 0.6 is 22.6 Å². The van der Waals surface area contributed by atoms with Gasteiger partial charge in [0.1, 0.15) is 12.4 Å². The summed E-state index contributed by atoms with van der Waals surface area (Å²) in [4.78, 5) is 25.1. The van der Waals surface area contributed by atoms with Crippen LogP contribution in [0.4, 0.5) is 0 Å². The molecule has 1 saturated heterocycles. The number of fused-ring (bicyclic) bond motifs is 5. The first-order chi connectivity index (χ1) is 12.1. The highest BCUT2D eigenvalue weighted by Gasteiger charge is 2.59. The normalized spacial score (nSPS) is 29.7. The van der Waals surface area contributed by atoms with Gasteiger partial charge in [0, 0.05) is 0 Å². The SMILES string of the molecule is C=CCOc1ccc(C=NN2C(=O)C3C4C=CC(C4)C3C2=O)cc1I. The minimum atomic E-state index is -0.213. The number of halogens is 1. The molecule has 4 unspecified atom stereocenters. The fourth-order valence-corrected chi connectivity index (χ4v) is 4.68. The van der Waals surface area contributed by atoms with Gasteiger partial charge in [0.05, 0.1) is 21.6 Å². The molecule has 1 aromatic carbocycles. The van der Waals surface area contributed by atoms with Gasteiger partial charge in [0.15, 0.2) is 0 Å². The van der Waals surface area contributed by atoms with E-state index in [4.69, 9.17) is 4.74 Å². The molecule has 2 amide bonds. The first kappa shape index (κ1) is 16.5. The van der Waals surface area contributed by atoms with Gasteiger partial charge in [-0.15, -0.1) is 0 Å². The quantitative estimate of drug-likeness (QED) is 0.301. The smallest absolute Gasteiger partial charge is 0.254 e. The molecule has 2 bridgehead atoms. The summed E-state index contributed by atoms with van der Waals surface area (Å²) in [7, 11) is 0. The number of ether oxygens (including phenoxy) is 1. The zero-order valence-corrected chi connectivity index (χ0v) is 15.6. The molecule has 2 fully saturated rings. The van der Waals surface area contributed by atoms with E-state index in [1.165, 1.54) is 0 Å². The van der Waals surface area contributed by atoms with E-state index in [1.807, 2.05) is 18.2 Å². The number of imide groups is 1. The number of amides is 2. The van der Waals surface area contributed by atoms with E-state index in [0.717, 1.165) is 26.3 Å². The van der Waals surface area contributed by atoms with E-state index < -0.39 is 0 Å². The van der Waals surface area contributed by atoms with Crippen molar-refractivity contribution in [1.29, 1.82) is 0 Å². The van der Waals surface area contributed by atoms with Gasteiger partial charge in [-0.25, -0.2) is 0 Å². The molecule has 1 aromatic rings. The van der Waals surface area contributed by atoms with E-state index in [9.17, 15) is 9.59 Å². The second-order valence-electron chi connectivity index (χ2n) is 6.52. The lowest BCUT2D eigenvalue weighted by molar-refractivity contribution is -0.140. The van der Waals surface area contributed by atoms with Gasteiger partial charge >= 0.3 is 0 Å². The molecule has 0 aromatic heterocycles. The van der Waals surface area contributed by atoms with Crippen molar-refractivity contribution in [1.82, 2.24) is 5.01 Å². The second kappa shape index (κ2) is 6.40. The summed E-state index contributed by atoms with van der Waals surface area (Å²) in [5, 5.41) is 5.25. The third-order valence-corrected chi connectivity index (χ3v) is 5.92. The highest BCUT2D eigenvalue weighted by molar-refractivity contribution is 14.1. The number of nitrogens with zero attached hydrogens (tertiary/aromatic N) is 2. The van der Waals surface area contributed by atoms with Crippen LogP contribution in [-0.2, 0) is 9.59 Å². The first-order valence-corrected chi connectivity index (χ1v) is 9.31. The maximum absolute atomic E-state index is 12.6. The first-order valence-electron chi connectivity index (χ1n) is 8.23. The summed E-state index contributed by atoms with van der Waals surface area (Å²) in [6.07, 6.45) is 8.33. The average molecular weight is 448 g/mol. The summed E-state index contributed by atoms with van der Waals surface area (Å²) in [6, 6.07) is 5.60. The maximum Gasteiger partial charge on any atom is 0.254 e. The number of carbonyl (C=O) groups excluding carboxylic acids is 2. The standard InChI is InChI=1S/C19H17IN2O3/c1-2-7-25-15-6-3-11(8-14(15)20)10-21-22-18(23)16-12-4-5-13(9-12)17(16)19(22)24/h2-6,8,10,12-13,16-17H,1,7,9H2. The largest absolute Gasteiger partial charge is 0.488 e. The molecule has 128 valence electrons. The molecule has 25 heavy (non-hydrogen) atoms. The number of hydrazone groups is 1. The van der Waals surface area contributed by atoms with Gasteiger partial charge in [-0.2, -0.15) is 10.1 Å². The lowest BCUT2D eigenvalue weighted by Crippen LogP contribution is -2.28. The van der Waals surface area contributed by atoms with Crippen molar-refractivity contribution in [3.8, 4) is 5.75 Å². The van der Waals surface area contributed by atoms with Crippen LogP contribution in [0.25, 0.3) is 0 Å². The van der Waals surface area contributed by atoms with E-state index in [2.05, 4.69) is 46.4 Å². The van der Waals surface area contributed by atoms with Gasteiger partial charge < -0.3 is 4.74 Å². The van der Waals surface area contributed by atoms with Crippen LogP contribution in [0.3, 0.4) is 0 Å². The van der Waals surface area contributed by atoms with E-state index in [-0.39, 0.29) is 35.5 Å². The number of allylic oxidation sites excluding steroid dienone is 2. The van der Waals surface area contributed by atoms with Gasteiger partial charge in [0.2, 0.25) is 0 Å². The van der Waals surface area contributed by atoms with Crippen molar-refractivity contribution in [2.24, 2.45) is 28.8 Å². The van der Waals surface area contributed by atoms with Crippen LogP contribution in [0.15, 0.2) is 48.1 Å².